The zero-order valence-corrected chi connectivity index (χ0v) is 12.2. The first-order valence-electron chi connectivity index (χ1n) is 7.20. The summed E-state index contributed by atoms with van der Waals surface area (Å²) in [5.41, 5.74) is 5.22. The molecule has 19 heavy (non-hydrogen) atoms. The van der Waals surface area contributed by atoms with Crippen LogP contribution < -0.4 is 5.73 Å². The first-order chi connectivity index (χ1) is 9.11. The van der Waals surface area contributed by atoms with E-state index >= 15 is 0 Å². The molecule has 2 N–H and O–H groups in total. The Morgan fingerprint density at radius 1 is 1.47 bits per heavy atom. The van der Waals surface area contributed by atoms with E-state index in [2.05, 4.69) is 24.0 Å². The van der Waals surface area contributed by atoms with Gasteiger partial charge in [-0.3, -0.25) is 0 Å². The third kappa shape index (κ3) is 2.98. The van der Waals surface area contributed by atoms with Gasteiger partial charge in [-0.1, -0.05) is 19.0 Å². The van der Waals surface area contributed by atoms with Crippen molar-refractivity contribution in [2.45, 2.75) is 57.5 Å². The molecule has 2 rings (SSSR count). The van der Waals surface area contributed by atoms with Gasteiger partial charge in [0.25, 0.3) is 0 Å². The van der Waals surface area contributed by atoms with E-state index in [4.69, 9.17) is 15.0 Å². The molecule has 0 bridgehead atoms. The molecule has 0 spiro atoms. The van der Waals surface area contributed by atoms with Crippen LogP contribution in [0.3, 0.4) is 0 Å². The minimum Gasteiger partial charge on any atom is -0.370 e. The molecule has 1 atom stereocenters. The Bertz CT molecular complexity index is 397. The maximum atomic E-state index is 5.76. The third-order valence-electron chi connectivity index (χ3n) is 4.34. The predicted octanol–water partition coefficient (Wildman–Crippen LogP) is 2.57. The first-order valence-corrected chi connectivity index (χ1v) is 7.20. The van der Waals surface area contributed by atoms with Crippen molar-refractivity contribution in [2.75, 3.05) is 13.7 Å². The molecule has 1 unspecified atom stereocenters. The minimum absolute atomic E-state index is 0.211. The molecule has 1 aromatic rings. The normalized spacial score (nSPS) is 29.4. The van der Waals surface area contributed by atoms with Crippen LogP contribution in [0.15, 0.2) is 4.52 Å². The summed E-state index contributed by atoms with van der Waals surface area (Å²) in [6.45, 7) is 4.98. The molecule has 1 aliphatic carbocycles. The van der Waals surface area contributed by atoms with Gasteiger partial charge >= 0.3 is 0 Å². The molecule has 5 nitrogen and oxygen atoms in total. The molecule has 0 aliphatic heterocycles. The number of hydrogen-bond acceptors (Lipinski definition) is 5. The van der Waals surface area contributed by atoms with E-state index in [1.807, 2.05) is 0 Å². The molecule has 1 heterocycles. The lowest BCUT2D eigenvalue weighted by molar-refractivity contribution is -0.0609. The number of hydrogen-bond donors (Lipinski definition) is 1. The highest BCUT2D eigenvalue weighted by Crippen LogP contribution is 2.41. The highest BCUT2D eigenvalue weighted by atomic mass is 16.5. The van der Waals surface area contributed by atoms with E-state index in [9.17, 15) is 0 Å². The quantitative estimate of drug-likeness (QED) is 0.887. The fraction of sp³-hybridized carbons (Fsp3) is 0.857. The highest BCUT2D eigenvalue weighted by Gasteiger charge is 2.40. The van der Waals surface area contributed by atoms with Gasteiger partial charge in [0, 0.05) is 13.0 Å². The van der Waals surface area contributed by atoms with Crippen LogP contribution in [-0.4, -0.2) is 23.8 Å². The molecule has 0 amide bonds. The van der Waals surface area contributed by atoms with Gasteiger partial charge in [0.1, 0.15) is 5.60 Å². The van der Waals surface area contributed by atoms with Gasteiger partial charge in [0.2, 0.25) is 11.7 Å². The van der Waals surface area contributed by atoms with Crippen molar-refractivity contribution >= 4 is 0 Å². The largest absolute Gasteiger partial charge is 0.370 e. The van der Waals surface area contributed by atoms with E-state index < -0.39 is 0 Å². The van der Waals surface area contributed by atoms with Crippen molar-refractivity contribution in [1.29, 1.82) is 0 Å². The summed E-state index contributed by atoms with van der Waals surface area (Å²) >= 11 is 0. The topological polar surface area (TPSA) is 74.2 Å². The number of methoxy groups -OCH3 is 1. The summed E-state index contributed by atoms with van der Waals surface area (Å²) in [4.78, 5) is 4.56. The standard InChI is InChI=1S/C14H25N3O2/c1-10-4-7-14(18-3,8-5-10)13-16-12(19-17-13)11(2)6-9-15/h10-11H,4-9,15H2,1-3H3. The number of nitrogens with two attached hydrogens (primary N) is 1. The summed E-state index contributed by atoms with van der Waals surface area (Å²) in [7, 11) is 1.75. The van der Waals surface area contributed by atoms with Gasteiger partial charge in [0.05, 0.1) is 0 Å². The van der Waals surface area contributed by atoms with Gasteiger partial charge in [-0.05, 0) is 44.6 Å². The second kappa shape index (κ2) is 6.01. The summed E-state index contributed by atoms with van der Waals surface area (Å²) in [5.74, 6) is 2.35. The second-order valence-corrected chi connectivity index (χ2v) is 5.82. The first kappa shape index (κ1) is 14.5. The van der Waals surface area contributed by atoms with Gasteiger partial charge in [-0.15, -0.1) is 0 Å². The van der Waals surface area contributed by atoms with Crippen LogP contribution in [0.25, 0.3) is 0 Å². The van der Waals surface area contributed by atoms with E-state index in [1.54, 1.807) is 7.11 Å². The highest BCUT2D eigenvalue weighted by molar-refractivity contribution is 5.05. The molecule has 0 aromatic carbocycles. The Balaban J connectivity index is 2.15. The van der Waals surface area contributed by atoms with Crippen molar-refractivity contribution in [3.05, 3.63) is 11.7 Å². The molecule has 0 saturated heterocycles. The van der Waals surface area contributed by atoms with E-state index in [1.165, 1.54) is 0 Å². The number of ether oxygens (including phenoxy) is 1. The van der Waals surface area contributed by atoms with Gasteiger partial charge < -0.3 is 15.0 Å². The molecule has 1 aromatic heterocycles. The lowest BCUT2D eigenvalue weighted by atomic mass is 9.79. The van der Waals surface area contributed by atoms with Crippen LogP contribution >= 0.6 is 0 Å². The van der Waals surface area contributed by atoms with Crippen molar-refractivity contribution in [2.24, 2.45) is 11.7 Å². The van der Waals surface area contributed by atoms with Gasteiger partial charge in [-0.2, -0.15) is 4.98 Å². The molecule has 108 valence electrons. The lowest BCUT2D eigenvalue weighted by Gasteiger charge is -2.35. The van der Waals surface area contributed by atoms with Crippen molar-refractivity contribution < 1.29 is 9.26 Å². The van der Waals surface area contributed by atoms with E-state index in [-0.39, 0.29) is 11.5 Å². The maximum absolute atomic E-state index is 5.76. The fourth-order valence-corrected chi connectivity index (χ4v) is 2.74. The smallest absolute Gasteiger partial charge is 0.229 e. The summed E-state index contributed by atoms with van der Waals surface area (Å²) < 4.78 is 11.1. The maximum Gasteiger partial charge on any atom is 0.229 e. The van der Waals surface area contributed by atoms with Crippen molar-refractivity contribution in [1.82, 2.24) is 10.1 Å². The van der Waals surface area contributed by atoms with Crippen LogP contribution in [0.1, 0.15) is 63.6 Å². The van der Waals surface area contributed by atoms with Crippen molar-refractivity contribution in [3.8, 4) is 0 Å². The predicted molar refractivity (Wildman–Crippen MR) is 72.7 cm³/mol. The Labute approximate surface area is 114 Å². The van der Waals surface area contributed by atoms with Crippen LogP contribution in [0.2, 0.25) is 0 Å². The monoisotopic (exact) mass is 267 g/mol. The average molecular weight is 267 g/mol. The number of rotatable bonds is 5. The number of aromatic nitrogens is 2. The zero-order valence-electron chi connectivity index (χ0n) is 12.2. The minimum atomic E-state index is -0.351. The van der Waals surface area contributed by atoms with Gasteiger partial charge in [0.15, 0.2) is 0 Å². The third-order valence-corrected chi connectivity index (χ3v) is 4.34. The summed E-state index contributed by atoms with van der Waals surface area (Å²) in [5, 5.41) is 4.16. The van der Waals surface area contributed by atoms with Crippen molar-refractivity contribution in [3.63, 3.8) is 0 Å². The fourth-order valence-electron chi connectivity index (χ4n) is 2.74. The lowest BCUT2D eigenvalue weighted by Crippen LogP contribution is -2.34. The molecule has 0 radical (unpaired) electrons. The molecular weight excluding hydrogens is 242 g/mol. The summed E-state index contributed by atoms with van der Waals surface area (Å²) in [6.07, 6.45) is 5.09. The van der Waals surface area contributed by atoms with E-state index in [0.717, 1.165) is 38.0 Å². The molecule has 5 heteroatoms. The molecule has 1 saturated carbocycles. The SMILES string of the molecule is COC1(c2noc(C(C)CCN)n2)CCC(C)CC1. The van der Waals surface area contributed by atoms with E-state index in [0.29, 0.717) is 18.3 Å². The Morgan fingerprint density at radius 2 is 2.16 bits per heavy atom. The van der Waals surface area contributed by atoms with Crippen LogP contribution in [-0.2, 0) is 10.3 Å². The Morgan fingerprint density at radius 3 is 2.74 bits per heavy atom. The molecule has 1 aliphatic rings. The summed E-state index contributed by atoms with van der Waals surface area (Å²) in [6, 6.07) is 0. The van der Waals surface area contributed by atoms with Crippen LogP contribution in [0, 0.1) is 5.92 Å². The Hall–Kier alpha value is -0.940. The van der Waals surface area contributed by atoms with Crippen LogP contribution in [0.4, 0.5) is 0 Å². The number of nitrogens with zero attached hydrogens (tertiary/aromatic N) is 2. The zero-order chi connectivity index (χ0) is 13.9. The van der Waals surface area contributed by atoms with Gasteiger partial charge in [-0.25, -0.2) is 0 Å². The molecular formula is C14H25N3O2. The molecule has 1 fully saturated rings. The second-order valence-electron chi connectivity index (χ2n) is 5.82. The Kier molecular flexibility index (Phi) is 4.58. The average Bonchev–Trinajstić information content (AvgIpc) is 2.91. The van der Waals surface area contributed by atoms with Crippen LogP contribution in [0.5, 0.6) is 0 Å².